The molecule has 6 rings (SSSR count). The number of aromatic nitrogens is 1. The number of rotatable bonds is 2. The highest BCUT2D eigenvalue weighted by atomic mass is 19.1. The number of hydrogen-bond acceptors (Lipinski definition) is 4. The number of fused-ring (bicyclic) bond motifs is 3. The molecule has 1 amide bonds. The molecule has 178 valence electrons. The molecule has 36 heavy (non-hydrogen) atoms. The molecule has 1 atom stereocenters. The molecule has 3 heterocycles. The summed E-state index contributed by atoms with van der Waals surface area (Å²) >= 11 is 0. The number of allylic oxidation sites excluding steroid dienone is 1. The molecule has 1 aliphatic carbocycles. The lowest BCUT2D eigenvalue weighted by atomic mass is 9.60. The zero-order valence-electron chi connectivity index (χ0n) is 19.9. The summed E-state index contributed by atoms with van der Waals surface area (Å²) in [5, 5.41) is 13.6. The van der Waals surface area contributed by atoms with Gasteiger partial charge in [-0.05, 0) is 48.2 Å². The molecule has 0 bridgehead atoms. The van der Waals surface area contributed by atoms with Crippen molar-refractivity contribution in [2.24, 2.45) is 5.41 Å². The maximum absolute atomic E-state index is 14.5. The molecule has 3 aliphatic rings. The van der Waals surface area contributed by atoms with Crippen LogP contribution in [-0.4, -0.2) is 16.3 Å². The molecule has 0 saturated heterocycles. The fourth-order valence-electron chi connectivity index (χ4n) is 5.94. The molecule has 2 aromatic carbocycles. The minimum Gasteiger partial charge on any atom is -0.324 e. The summed E-state index contributed by atoms with van der Waals surface area (Å²) in [5.74, 6) is -0.645. The Morgan fingerprint density at radius 1 is 1.00 bits per heavy atom. The molecule has 0 fully saturated rings. The smallest absolute Gasteiger partial charge is 0.245 e. The maximum atomic E-state index is 14.5. The molecule has 1 spiro atoms. The second-order valence-corrected chi connectivity index (χ2v) is 10.2. The summed E-state index contributed by atoms with van der Waals surface area (Å²) in [7, 11) is 0. The van der Waals surface area contributed by atoms with E-state index in [2.05, 4.69) is 11.4 Å². The Balaban J connectivity index is 1.80. The van der Waals surface area contributed by atoms with Crippen LogP contribution in [0.15, 0.2) is 89.9 Å². The van der Waals surface area contributed by atoms with Gasteiger partial charge in [0.1, 0.15) is 23.1 Å². The number of anilines is 2. The first-order valence-corrected chi connectivity index (χ1v) is 11.8. The Bertz CT molecular complexity index is 1560. The van der Waals surface area contributed by atoms with Crippen molar-refractivity contribution >= 4 is 28.9 Å². The summed E-state index contributed by atoms with van der Waals surface area (Å²) in [6.45, 7) is 4.01. The summed E-state index contributed by atoms with van der Waals surface area (Å²) < 4.78 is 16.3. The lowest BCUT2D eigenvalue weighted by molar-refractivity contribution is -0.123. The lowest BCUT2D eigenvalue weighted by Gasteiger charge is -2.47. The number of nitrogens with zero attached hydrogens (tertiary/aromatic N) is 3. The average molecular weight is 479 g/mol. The summed E-state index contributed by atoms with van der Waals surface area (Å²) in [6, 6.07) is 19.2. The number of nitrogens with one attached hydrogen (secondary N) is 1. The largest absolute Gasteiger partial charge is 0.324 e. The highest BCUT2D eigenvalue weighted by Gasteiger charge is 2.61. The van der Waals surface area contributed by atoms with Gasteiger partial charge >= 0.3 is 0 Å². The Labute approximate surface area is 208 Å². The number of carbonyl (C=O) groups excluding carboxylic acids is 2. The summed E-state index contributed by atoms with van der Waals surface area (Å²) in [5.41, 5.74) is 0.656. The molecule has 2 aliphatic heterocycles. The topological polar surface area (TPSA) is 78.1 Å². The third-order valence-electron chi connectivity index (χ3n) is 7.25. The Hall–Kier alpha value is -4.44. The normalized spacial score (nSPS) is 22.4. The fraction of sp³-hybridized carbons (Fsp3) is 0.207. The number of carbonyl (C=O) groups is 2. The van der Waals surface area contributed by atoms with Crippen molar-refractivity contribution in [1.82, 2.24) is 4.57 Å². The van der Waals surface area contributed by atoms with E-state index in [0.717, 1.165) is 0 Å². The first-order valence-electron chi connectivity index (χ1n) is 11.8. The van der Waals surface area contributed by atoms with Crippen molar-refractivity contribution < 1.29 is 14.0 Å². The van der Waals surface area contributed by atoms with Crippen LogP contribution in [0.5, 0.6) is 0 Å². The molecule has 0 saturated carbocycles. The van der Waals surface area contributed by atoms with E-state index < -0.39 is 22.6 Å². The van der Waals surface area contributed by atoms with Crippen molar-refractivity contribution in [2.75, 3.05) is 10.2 Å². The van der Waals surface area contributed by atoms with Crippen LogP contribution in [0.2, 0.25) is 0 Å². The molecule has 7 heteroatoms. The Morgan fingerprint density at radius 3 is 2.47 bits per heavy atom. The van der Waals surface area contributed by atoms with Crippen LogP contribution in [0.4, 0.5) is 15.8 Å². The van der Waals surface area contributed by atoms with Gasteiger partial charge in [0, 0.05) is 41.3 Å². The third-order valence-corrected chi connectivity index (χ3v) is 7.25. The van der Waals surface area contributed by atoms with Crippen LogP contribution in [0.3, 0.4) is 0 Å². The first kappa shape index (κ1) is 22.1. The quantitative estimate of drug-likeness (QED) is 0.537. The van der Waals surface area contributed by atoms with E-state index in [1.807, 2.05) is 38.1 Å². The van der Waals surface area contributed by atoms with Gasteiger partial charge < -0.3 is 9.88 Å². The minimum absolute atomic E-state index is 0.122. The predicted octanol–water partition coefficient (Wildman–Crippen LogP) is 5.37. The van der Waals surface area contributed by atoms with Gasteiger partial charge in [-0.3, -0.25) is 14.5 Å². The molecule has 1 N–H and O–H groups in total. The van der Waals surface area contributed by atoms with Gasteiger partial charge in [0.25, 0.3) is 0 Å². The van der Waals surface area contributed by atoms with Gasteiger partial charge in [-0.2, -0.15) is 5.26 Å². The number of hydrogen-bond donors (Lipinski definition) is 1. The number of nitriles is 1. The van der Waals surface area contributed by atoms with Crippen molar-refractivity contribution in [2.45, 2.75) is 32.1 Å². The zero-order valence-corrected chi connectivity index (χ0v) is 19.9. The summed E-state index contributed by atoms with van der Waals surface area (Å²) in [4.78, 5) is 29.7. The van der Waals surface area contributed by atoms with E-state index in [4.69, 9.17) is 0 Å². The van der Waals surface area contributed by atoms with Crippen LogP contribution in [0, 0.1) is 22.6 Å². The van der Waals surface area contributed by atoms with Gasteiger partial charge in [-0.15, -0.1) is 0 Å². The van der Waals surface area contributed by atoms with Crippen LogP contribution >= 0.6 is 0 Å². The number of para-hydroxylation sites is 1. The number of ketones is 1. The second kappa shape index (κ2) is 7.53. The standard InChI is InChI=1S/C29H23FN4O2/c1-28(2)15-23-25(24(35)16-28)29(20-10-3-4-11-22(20)32-27(29)36)21(17-31)26(33-12-5-6-13-33)34(23)19-9-7-8-18(30)14-19/h3-14H,15-16H2,1-2H3,(H,32,36)/t29-/m1/s1. The van der Waals surface area contributed by atoms with Gasteiger partial charge in [0.05, 0.1) is 11.3 Å². The van der Waals surface area contributed by atoms with E-state index in [9.17, 15) is 19.2 Å². The number of amides is 1. The highest BCUT2D eigenvalue weighted by molar-refractivity contribution is 6.21. The van der Waals surface area contributed by atoms with Crippen molar-refractivity contribution in [1.29, 1.82) is 5.26 Å². The van der Waals surface area contributed by atoms with Gasteiger partial charge in [-0.1, -0.05) is 38.1 Å². The van der Waals surface area contributed by atoms with Crippen LogP contribution in [-0.2, 0) is 15.0 Å². The Kier molecular flexibility index (Phi) is 4.61. The van der Waals surface area contributed by atoms with E-state index in [1.54, 1.807) is 46.1 Å². The van der Waals surface area contributed by atoms with E-state index in [1.165, 1.54) is 12.1 Å². The average Bonchev–Trinajstić information content (AvgIpc) is 3.45. The lowest BCUT2D eigenvalue weighted by Crippen LogP contribution is -2.51. The third kappa shape index (κ3) is 2.88. The highest BCUT2D eigenvalue weighted by Crippen LogP contribution is 2.58. The van der Waals surface area contributed by atoms with Crippen molar-refractivity contribution in [3.05, 3.63) is 101 Å². The van der Waals surface area contributed by atoms with Crippen LogP contribution in [0.25, 0.3) is 5.82 Å². The molecule has 3 aromatic rings. The second-order valence-electron chi connectivity index (χ2n) is 10.2. The van der Waals surface area contributed by atoms with E-state index in [-0.39, 0.29) is 17.8 Å². The van der Waals surface area contributed by atoms with Gasteiger partial charge in [0.2, 0.25) is 5.91 Å². The number of halogens is 1. The predicted molar refractivity (Wildman–Crippen MR) is 134 cm³/mol. The van der Waals surface area contributed by atoms with Gasteiger partial charge in [0.15, 0.2) is 5.78 Å². The van der Waals surface area contributed by atoms with Crippen LogP contribution in [0.1, 0.15) is 32.3 Å². The number of benzene rings is 2. The van der Waals surface area contributed by atoms with Gasteiger partial charge in [-0.25, -0.2) is 4.39 Å². The van der Waals surface area contributed by atoms with E-state index >= 15 is 0 Å². The zero-order chi connectivity index (χ0) is 25.2. The fourth-order valence-corrected chi connectivity index (χ4v) is 5.94. The van der Waals surface area contributed by atoms with Crippen molar-refractivity contribution in [3.8, 4) is 6.07 Å². The molecule has 1 aromatic heterocycles. The molecular weight excluding hydrogens is 455 g/mol. The SMILES string of the molecule is CC1(C)CC(=O)C2=C(C1)N(c1cccc(F)c1)C(n1cccc1)=C(C#N)[C@@]21C(=O)Nc2ccccc21. The van der Waals surface area contributed by atoms with Crippen molar-refractivity contribution in [3.63, 3.8) is 0 Å². The molecule has 0 unspecified atom stereocenters. The minimum atomic E-state index is -1.60. The molecular formula is C29H23FN4O2. The molecule has 0 radical (unpaired) electrons. The van der Waals surface area contributed by atoms with Crippen LogP contribution < -0.4 is 10.2 Å². The monoisotopic (exact) mass is 478 g/mol. The number of Topliss-reactive ketones (excluding diaryl/α,β-unsaturated/α-hetero) is 1. The Morgan fingerprint density at radius 2 is 1.75 bits per heavy atom. The molecule has 6 nitrogen and oxygen atoms in total. The van der Waals surface area contributed by atoms with E-state index in [0.29, 0.717) is 40.5 Å². The summed E-state index contributed by atoms with van der Waals surface area (Å²) in [6.07, 6.45) is 4.27. The maximum Gasteiger partial charge on any atom is 0.245 e. The first-order chi connectivity index (χ1) is 17.3.